The summed E-state index contributed by atoms with van der Waals surface area (Å²) < 4.78 is 0. The first-order chi connectivity index (χ1) is 4.22. The van der Waals surface area contributed by atoms with E-state index in [1.165, 1.54) is 6.08 Å². The van der Waals surface area contributed by atoms with Crippen LogP contribution in [0.5, 0.6) is 0 Å². The summed E-state index contributed by atoms with van der Waals surface area (Å²) >= 11 is 0. The summed E-state index contributed by atoms with van der Waals surface area (Å²) in [6, 6.07) is 0. The van der Waals surface area contributed by atoms with Crippen molar-refractivity contribution in [2.75, 3.05) is 0 Å². The Hall–Kier alpha value is -0.920. The maximum atomic E-state index is 8.86. The third-order valence-corrected chi connectivity index (χ3v) is 0.955. The fourth-order valence-electron chi connectivity index (χ4n) is 0.435. The van der Waals surface area contributed by atoms with E-state index in [1.807, 2.05) is 0 Å². The molecule has 0 aromatic heterocycles. The van der Waals surface area contributed by atoms with E-state index in [2.05, 4.69) is 0 Å². The number of aliphatic hydroxyl groups excluding tert-OH is 2. The van der Waals surface area contributed by atoms with E-state index in [4.69, 9.17) is 10.2 Å². The fourth-order valence-corrected chi connectivity index (χ4v) is 0.435. The fraction of sp³-hybridized carbons (Fsp3) is 0.429. The largest absolute Gasteiger partial charge is 0.508 e. The topological polar surface area (TPSA) is 40.5 Å². The van der Waals surface area contributed by atoms with E-state index in [9.17, 15) is 0 Å². The van der Waals surface area contributed by atoms with E-state index >= 15 is 0 Å². The van der Waals surface area contributed by atoms with Crippen LogP contribution in [0.15, 0.2) is 23.7 Å². The normalized spacial score (nSPS) is 14.0. The van der Waals surface area contributed by atoms with Gasteiger partial charge in [-0.15, -0.1) is 0 Å². The van der Waals surface area contributed by atoms with Gasteiger partial charge in [0.05, 0.1) is 0 Å². The van der Waals surface area contributed by atoms with Crippen LogP contribution in [-0.4, -0.2) is 10.2 Å². The van der Waals surface area contributed by atoms with Crippen molar-refractivity contribution < 1.29 is 10.2 Å². The summed E-state index contributed by atoms with van der Waals surface area (Å²) in [6.45, 7) is 3.55. The molecule has 0 aromatic rings. The molecular formula is C7H12O2. The minimum Gasteiger partial charge on any atom is -0.508 e. The van der Waals surface area contributed by atoms with Gasteiger partial charge in [-0.2, -0.15) is 0 Å². The summed E-state index contributed by atoms with van der Waals surface area (Å²) in [5, 5.41) is 17.7. The maximum Gasteiger partial charge on any atom is 0.152 e. The first kappa shape index (κ1) is 8.08. The third kappa shape index (κ3) is 2.80. The maximum absolute atomic E-state index is 8.86. The van der Waals surface area contributed by atoms with Crippen molar-refractivity contribution in [1.82, 2.24) is 0 Å². The highest BCUT2D eigenvalue weighted by atomic mass is 16.3. The van der Waals surface area contributed by atoms with E-state index in [0.29, 0.717) is 6.42 Å². The second-order valence-corrected chi connectivity index (χ2v) is 1.69. The summed E-state index contributed by atoms with van der Waals surface area (Å²) in [5.74, 6) is -0.00639. The highest BCUT2D eigenvalue weighted by Gasteiger charge is 1.93. The van der Waals surface area contributed by atoms with Gasteiger partial charge in [-0.3, -0.25) is 0 Å². The van der Waals surface area contributed by atoms with Gasteiger partial charge in [-0.05, 0) is 13.0 Å². The molecule has 0 atom stereocenters. The summed E-state index contributed by atoms with van der Waals surface area (Å²) in [6.07, 6.45) is 3.59. The molecule has 0 amide bonds. The summed E-state index contributed by atoms with van der Waals surface area (Å²) in [5.41, 5.74) is 0. The van der Waals surface area contributed by atoms with E-state index < -0.39 is 0 Å². The number of aliphatic hydroxyl groups is 2. The molecule has 0 saturated carbocycles. The lowest BCUT2D eigenvalue weighted by Crippen LogP contribution is -1.84. The van der Waals surface area contributed by atoms with Gasteiger partial charge in [0.1, 0.15) is 5.76 Å². The Bertz CT molecular complexity index is 134. The van der Waals surface area contributed by atoms with Gasteiger partial charge < -0.3 is 10.2 Å². The van der Waals surface area contributed by atoms with Gasteiger partial charge in [0.15, 0.2) is 5.76 Å². The molecule has 0 aromatic carbocycles. The molecule has 0 aliphatic heterocycles. The van der Waals surface area contributed by atoms with Crippen LogP contribution in [-0.2, 0) is 0 Å². The molecule has 2 heteroatoms. The van der Waals surface area contributed by atoms with Crippen LogP contribution in [0.4, 0.5) is 0 Å². The Morgan fingerprint density at radius 2 is 2.00 bits per heavy atom. The van der Waals surface area contributed by atoms with Gasteiger partial charge in [0.2, 0.25) is 0 Å². The van der Waals surface area contributed by atoms with Crippen LogP contribution in [0.3, 0.4) is 0 Å². The molecule has 0 unspecified atom stereocenters. The highest BCUT2D eigenvalue weighted by molar-refractivity contribution is 5.12. The molecule has 0 spiro atoms. The van der Waals surface area contributed by atoms with Gasteiger partial charge in [0.25, 0.3) is 0 Å². The Balaban J connectivity index is 4.10. The van der Waals surface area contributed by atoms with Crippen molar-refractivity contribution in [3.8, 4) is 0 Å². The molecule has 0 radical (unpaired) electrons. The highest BCUT2D eigenvalue weighted by Crippen LogP contribution is 2.02. The van der Waals surface area contributed by atoms with Crippen molar-refractivity contribution >= 4 is 0 Å². The third-order valence-electron chi connectivity index (χ3n) is 0.955. The zero-order valence-electron chi connectivity index (χ0n) is 5.76. The van der Waals surface area contributed by atoms with Gasteiger partial charge in [0, 0.05) is 6.42 Å². The van der Waals surface area contributed by atoms with Crippen molar-refractivity contribution in [1.29, 1.82) is 0 Å². The lowest BCUT2D eigenvalue weighted by Gasteiger charge is -1.94. The molecule has 52 valence electrons. The molecule has 0 heterocycles. The molecular weight excluding hydrogens is 116 g/mol. The Kier molecular flexibility index (Phi) is 3.60. The monoisotopic (exact) mass is 128 g/mol. The second-order valence-electron chi connectivity index (χ2n) is 1.69. The van der Waals surface area contributed by atoms with Crippen LogP contribution < -0.4 is 0 Å². The van der Waals surface area contributed by atoms with Crippen molar-refractivity contribution in [3.05, 3.63) is 23.7 Å². The first-order valence-corrected chi connectivity index (χ1v) is 2.96. The van der Waals surface area contributed by atoms with Crippen LogP contribution in [0, 0.1) is 0 Å². The average molecular weight is 128 g/mol. The Labute approximate surface area is 55.1 Å². The van der Waals surface area contributed by atoms with Crippen molar-refractivity contribution in [2.24, 2.45) is 0 Å². The molecule has 0 saturated heterocycles. The van der Waals surface area contributed by atoms with E-state index in [1.54, 1.807) is 19.9 Å². The summed E-state index contributed by atoms with van der Waals surface area (Å²) in [7, 11) is 0. The SMILES string of the molecule is C/C=C/C(O)=C(/O)CC. The molecule has 0 bridgehead atoms. The second kappa shape index (κ2) is 4.01. The van der Waals surface area contributed by atoms with Crippen LogP contribution in [0.2, 0.25) is 0 Å². The standard InChI is InChI=1S/C7H12O2/c1-3-5-7(9)6(8)4-2/h3,5,8-9H,4H2,1-2H3/b5-3+,7-6-. The Morgan fingerprint density at radius 3 is 2.33 bits per heavy atom. The Morgan fingerprint density at radius 1 is 1.44 bits per heavy atom. The van der Waals surface area contributed by atoms with Crippen molar-refractivity contribution in [2.45, 2.75) is 20.3 Å². The molecule has 2 nitrogen and oxygen atoms in total. The lowest BCUT2D eigenvalue weighted by molar-refractivity contribution is 0.327. The lowest BCUT2D eigenvalue weighted by atomic mass is 10.3. The molecule has 0 aliphatic carbocycles. The smallest absolute Gasteiger partial charge is 0.152 e. The zero-order chi connectivity index (χ0) is 7.28. The number of hydrogen-bond donors (Lipinski definition) is 2. The van der Waals surface area contributed by atoms with E-state index in [0.717, 1.165) is 0 Å². The zero-order valence-corrected chi connectivity index (χ0v) is 5.76. The van der Waals surface area contributed by atoms with Gasteiger partial charge in [-0.1, -0.05) is 13.0 Å². The predicted molar refractivity (Wildman–Crippen MR) is 37.4 cm³/mol. The first-order valence-electron chi connectivity index (χ1n) is 2.96. The summed E-state index contributed by atoms with van der Waals surface area (Å²) in [4.78, 5) is 0. The minimum atomic E-state index is -0.0417. The van der Waals surface area contributed by atoms with Crippen LogP contribution in [0.1, 0.15) is 20.3 Å². The number of hydrogen-bond acceptors (Lipinski definition) is 2. The van der Waals surface area contributed by atoms with Crippen LogP contribution in [0.25, 0.3) is 0 Å². The van der Waals surface area contributed by atoms with E-state index in [-0.39, 0.29) is 11.5 Å². The molecule has 9 heavy (non-hydrogen) atoms. The molecule has 0 rings (SSSR count). The minimum absolute atomic E-state index is 0.0353. The average Bonchev–Trinajstić information content (AvgIpc) is 1.87. The van der Waals surface area contributed by atoms with Crippen molar-refractivity contribution in [3.63, 3.8) is 0 Å². The van der Waals surface area contributed by atoms with Gasteiger partial charge >= 0.3 is 0 Å². The quantitative estimate of drug-likeness (QED) is 0.442. The number of allylic oxidation sites excluding steroid dienone is 3. The number of rotatable bonds is 2. The molecule has 0 fully saturated rings. The van der Waals surface area contributed by atoms with Crippen LogP contribution >= 0.6 is 0 Å². The molecule has 2 N–H and O–H groups in total. The van der Waals surface area contributed by atoms with Gasteiger partial charge in [-0.25, -0.2) is 0 Å². The molecule has 0 aliphatic rings. The predicted octanol–water partition coefficient (Wildman–Crippen LogP) is 2.30.